The number of carbonyl (C=O) groups excluding carboxylic acids is 2. The van der Waals surface area contributed by atoms with E-state index in [4.69, 9.17) is 4.74 Å². The van der Waals surface area contributed by atoms with E-state index in [1.54, 1.807) is 17.0 Å². The molecule has 2 amide bonds. The number of sulfonamides is 1. The van der Waals surface area contributed by atoms with Crippen LogP contribution in [0.5, 0.6) is 0 Å². The zero-order valence-electron chi connectivity index (χ0n) is 17.9. The standard InChI is InChI=1S/C23H27N3O5S/c1-16-5-2-3-7-21(16)26-15-17(13-22(26)27)23(28)25-18-8-10-20(11-9-18)32(29,30)24-14-19-6-4-12-31-19/h2-3,5,7-11,17,19,24H,4,6,12-15H2,1H3,(H,25,28)/t17-,19-/m1/s1. The summed E-state index contributed by atoms with van der Waals surface area (Å²) in [7, 11) is -3.65. The smallest absolute Gasteiger partial charge is 0.240 e. The largest absolute Gasteiger partial charge is 0.377 e. The normalized spacial score (nSPS) is 21.2. The predicted octanol–water partition coefficient (Wildman–Crippen LogP) is 2.44. The van der Waals surface area contributed by atoms with Crippen molar-refractivity contribution in [3.8, 4) is 0 Å². The zero-order chi connectivity index (χ0) is 22.7. The van der Waals surface area contributed by atoms with Crippen LogP contribution in [-0.4, -0.2) is 46.0 Å². The molecular formula is C23H27N3O5S. The molecule has 2 saturated heterocycles. The van der Waals surface area contributed by atoms with Gasteiger partial charge in [0.2, 0.25) is 21.8 Å². The maximum absolute atomic E-state index is 12.7. The van der Waals surface area contributed by atoms with Crippen LogP contribution in [0.4, 0.5) is 11.4 Å². The van der Waals surface area contributed by atoms with E-state index in [0.717, 1.165) is 24.1 Å². The third kappa shape index (κ3) is 5.01. The molecule has 2 fully saturated rings. The highest BCUT2D eigenvalue weighted by Crippen LogP contribution is 2.28. The summed E-state index contributed by atoms with van der Waals surface area (Å²) >= 11 is 0. The third-order valence-corrected chi connectivity index (χ3v) is 7.30. The minimum absolute atomic E-state index is 0.0850. The molecule has 0 unspecified atom stereocenters. The van der Waals surface area contributed by atoms with E-state index in [1.807, 2.05) is 31.2 Å². The highest BCUT2D eigenvalue weighted by atomic mass is 32.2. The number of hydrogen-bond acceptors (Lipinski definition) is 5. The maximum atomic E-state index is 12.7. The first-order valence-electron chi connectivity index (χ1n) is 10.7. The summed E-state index contributed by atoms with van der Waals surface area (Å²) in [4.78, 5) is 27.0. The molecule has 0 aromatic heterocycles. The molecule has 2 aliphatic heterocycles. The molecule has 4 rings (SSSR count). The van der Waals surface area contributed by atoms with E-state index < -0.39 is 15.9 Å². The Hall–Kier alpha value is -2.75. The summed E-state index contributed by atoms with van der Waals surface area (Å²) in [6.07, 6.45) is 1.84. The number of hydrogen-bond donors (Lipinski definition) is 2. The van der Waals surface area contributed by atoms with Gasteiger partial charge >= 0.3 is 0 Å². The van der Waals surface area contributed by atoms with Crippen LogP contribution in [0.2, 0.25) is 0 Å². The Morgan fingerprint density at radius 3 is 2.59 bits per heavy atom. The van der Waals surface area contributed by atoms with Crippen molar-refractivity contribution in [2.45, 2.75) is 37.2 Å². The highest BCUT2D eigenvalue weighted by Gasteiger charge is 2.35. The van der Waals surface area contributed by atoms with Gasteiger partial charge < -0.3 is 15.0 Å². The van der Waals surface area contributed by atoms with E-state index in [2.05, 4.69) is 10.0 Å². The van der Waals surface area contributed by atoms with Crippen molar-refractivity contribution in [3.63, 3.8) is 0 Å². The number of para-hydroxylation sites is 1. The fraction of sp³-hybridized carbons (Fsp3) is 0.391. The minimum Gasteiger partial charge on any atom is -0.377 e. The molecule has 2 atom stereocenters. The molecular weight excluding hydrogens is 430 g/mol. The third-order valence-electron chi connectivity index (χ3n) is 5.86. The van der Waals surface area contributed by atoms with Crippen LogP contribution in [-0.2, 0) is 24.3 Å². The molecule has 2 aromatic carbocycles. The second-order valence-electron chi connectivity index (χ2n) is 8.19. The van der Waals surface area contributed by atoms with Crippen molar-refractivity contribution in [2.75, 3.05) is 29.9 Å². The topological polar surface area (TPSA) is 105 Å². The van der Waals surface area contributed by atoms with Gasteiger partial charge in [0, 0.05) is 37.5 Å². The molecule has 2 N–H and O–H groups in total. The Morgan fingerprint density at radius 1 is 1.16 bits per heavy atom. The quantitative estimate of drug-likeness (QED) is 0.665. The summed E-state index contributed by atoms with van der Waals surface area (Å²) in [5.74, 6) is -0.821. The average Bonchev–Trinajstić information content (AvgIpc) is 3.43. The van der Waals surface area contributed by atoms with Crippen LogP contribution in [0.15, 0.2) is 53.4 Å². The van der Waals surface area contributed by atoms with Crippen LogP contribution < -0.4 is 14.9 Å². The molecule has 32 heavy (non-hydrogen) atoms. The Balaban J connectivity index is 1.35. The van der Waals surface area contributed by atoms with E-state index in [-0.39, 0.29) is 35.8 Å². The minimum atomic E-state index is -3.65. The van der Waals surface area contributed by atoms with Gasteiger partial charge in [0.05, 0.1) is 16.9 Å². The maximum Gasteiger partial charge on any atom is 0.240 e. The van der Waals surface area contributed by atoms with Gasteiger partial charge in [0.15, 0.2) is 0 Å². The van der Waals surface area contributed by atoms with Gasteiger partial charge in [-0.3, -0.25) is 9.59 Å². The second kappa shape index (κ2) is 9.40. The van der Waals surface area contributed by atoms with Crippen LogP contribution in [0.3, 0.4) is 0 Å². The summed E-state index contributed by atoms with van der Waals surface area (Å²) in [6.45, 7) is 3.15. The van der Waals surface area contributed by atoms with Crippen LogP contribution in [0.1, 0.15) is 24.8 Å². The van der Waals surface area contributed by atoms with Gasteiger partial charge in [-0.1, -0.05) is 18.2 Å². The molecule has 0 aliphatic carbocycles. The van der Waals surface area contributed by atoms with Crippen LogP contribution in [0.25, 0.3) is 0 Å². The van der Waals surface area contributed by atoms with E-state index in [0.29, 0.717) is 18.8 Å². The average molecular weight is 458 g/mol. The number of benzene rings is 2. The molecule has 0 saturated carbocycles. The first-order valence-corrected chi connectivity index (χ1v) is 12.2. The number of nitrogens with one attached hydrogen (secondary N) is 2. The highest BCUT2D eigenvalue weighted by molar-refractivity contribution is 7.89. The van der Waals surface area contributed by atoms with Crippen molar-refractivity contribution in [2.24, 2.45) is 5.92 Å². The lowest BCUT2D eigenvalue weighted by molar-refractivity contribution is -0.122. The van der Waals surface area contributed by atoms with E-state index in [9.17, 15) is 18.0 Å². The molecule has 8 nitrogen and oxygen atoms in total. The molecule has 0 radical (unpaired) electrons. The van der Waals surface area contributed by atoms with Crippen molar-refractivity contribution < 1.29 is 22.7 Å². The van der Waals surface area contributed by atoms with E-state index >= 15 is 0 Å². The van der Waals surface area contributed by atoms with Crippen molar-refractivity contribution >= 4 is 33.2 Å². The number of rotatable bonds is 7. The first-order chi connectivity index (χ1) is 15.3. The SMILES string of the molecule is Cc1ccccc1N1C[C@H](C(=O)Nc2ccc(S(=O)(=O)NC[C@H]3CCCO3)cc2)CC1=O. The summed E-state index contributed by atoms with van der Waals surface area (Å²) in [5.41, 5.74) is 2.28. The Bertz CT molecular complexity index is 1090. The molecule has 0 bridgehead atoms. The zero-order valence-corrected chi connectivity index (χ0v) is 18.7. The van der Waals surface area contributed by atoms with Gasteiger partial charge in [0.1, 0.15) is 0 Å². The monoisotopic (exact) mass is 457 g/mol. The lowest BCUT2D eigenvalue weighted by Crippen LogP contribution is -2.31. The fourth-order valence-corrected chi connectivity index (χ4v) is 5.10. The fourth-order valence-electron chi connectivity index (χ4n) is 4.04. The number of aryl methyl sites for hydroxylation is 1. The van der Waals surface area contributed by atoms with Gasteiger partial charge in [-0.05, 0) is 55.7 Å². The molecule has 2 heterocycles. The molecule has 2 aromatic rings. The summed E-state index contributed by atoms with van der Waals surface area (Å²) < 4.78 is 33.0. The number of anilines is 2. The number of nitrogens with zero attached hydrogens (tertiary/aromatic N) is 1. The van der Waals surface area contributed by atoms with Crippen molar-refractivity contribution in [1.82, 2.24) is 4.72 Å². The summed E-state index contributed by atoms with van der Waals surface area (Å²) in [6, 6.07) is 13.6. The first kappa shape index (κ1) is 22.4. The Labute approximate surface area is 188 Å². The lowest BCUT2D eigenvalue weighted by atomic mass is 10.1. The summed E-state index contributed by atoms with van der Waals surface area (Å²) in [5, 5.41) is 2.79. The van der Waals surface area contributed by atoms with Gasteiger partial charge in [-0.25, -0.2) is 13.1 Å². The van der Waals surface area contributed by atoms with Gasteiger partial charge in [-0.15, -0.1) is 0 Å². The predicted molar refractivity (Wildman–Crippen MR) is 121 cm³/mol. The van der Waals surface area contributed by atoms with Gasteiger partial charge in [0.25, 0.3) is 0 Å². The van der Waals surface area contributed by atoms with Crippen molar-refractivity contribution in [1.29, 1.82) is 0 Å². The molecule has 0 spiro atoms. The Morgan fingerprint density at radius 2 is 1.91 bits per heavy atom. The number of carbonyl (C=O) groups is 2. The molecule has 170 valence electrons. The second-order valence-corrected chi connectivity index (χ2v) is 9.96. The van der Waals surface area contributed by atoms with Crippen molar-refractivity contribution in [3.05, 3.63) is 54.1 Å². The van der Waals surface area contributed by atoms with Crippen LogP contribution >= 0.6 is 0 Å². The molecule has 2 aliphatic rings. The number of amides is 2. The lowest BCUT2D eigenvalue weighted by Gasteiger charge is -2.19. The van der Waals surface area contributed by atoms with E-state index in [1.165, 1.54) is 12.1 Å². The molecule has 9 heteroatoms. The Kier molecular flexibility index (Phi) is 6.59. The van der Waals surface area contributed by atoms with Gasteiger partial charge in [-0.2, -0.15) is 0 Å². The van der Waals surface area contributed by atoms with Crippen LogP contribution in [0, 0.1) is 12.8 Å². The number of ether oxygens (including phenoxy) is 1.